The summed E-state index contributed by atoms with van der Waals surface area (Å²) in [5.74, 6) is 1.20. The van der Waals surface area contributed by atoms with E-state index in [0.717, 1.165) is 42.1 Å². The Balaban J connectivity index is 1.67. The number of fused-ring (bicyclic) bond motifs is 1. The van der Waals surface area contributed by atoms with E-state index in [4.69, 9.17) is 0 Å². The molecule has 0 N–H and O–H groups in total. The fourth-order valence-corrected chi connectivity index (χ4v) is 3.01. The number of anilines is 1. The molecule has 1 aromatic carbocycles. The van der Waals surface area contributed by atoms with Crippen LogP contribution in [0, 0.1) is 0 Å². The minimum atomic E-state index is 0.384. The van der Waals surface area contributed by atoms with E-state index >= 15 is 0 Å². The maximum Gasteiger partial charge on any atom is 0.245 e. The lowest BCUT2D eigenvalue weighted by Gasteiger charge is -2.16. The Kier molecular flexibility index (Phi) is 2.77. The first kappa shape index (κ1) is 12.2. The van der Waals surface area contributed by atoms with Crippen molar-refractivity contribution in [3.05, 3.63) is 36.3 Å². The molecule has 0 aliphatic carbocycles. The molecule has 1 saturated heterocycles. The molecular formula is C14H15N7. The number of tetrazole rings is 1. The van der Waals surface area contributed by atoms with Gasteiger partial charge in [0.05, 0.1) is 11.2 Å². The average Bonchev–Trinajstić information content (AvgIpc) is 3.15. The van der Waals surface area contributed by atoms with E-state index in [-0.39, 0.29) is 0 Å². The van der Waals surface area contributed by atoms with Crippen LogP contribution in [-0.2, 0) is 7.05 Å². The van der Waals surface area contributed by atoms with Crippen LogP contribution in [0.15, 0.2) is 30.6 Å². The van der Waals surface area contributed by atoms with Crippen LogP contribution in [0.5, 0.6) is 0 Å². The van der Waals surface area contributed by atoms with Gasteiger partial charge in [0, 0.05) is 31.4 Å². The quantitative estimate of drug-likeness (QED) is 0.701. The third-order valence-electron chi connectivity index (χ3n) is 4.03. The van der Waals surface area contributed by atoms with Gasteiger partial charge < -0.3 is 4.90 Å². The minimum Gasteiger partial charge on any atom is -0.339 e. The number of aryl methyl sites for hydroxylation is 1. The Labute approximate surface area is 121 Å². The molecule has 0 radical (unpaired) electrons. The maximum absolute atomic E-state index is 4.53. The molecule has 4 rings (SSSR count). The molecule has 0 amide bonds. The summed E-state index contributed by atoms with van der Waals surface area (Å²) >= 11 is 0. The normalized spacial score (nSPS) is 18.5. The van der Waals surface area contributed by atoms with Gasteiger partial charge in [0.2, 0.25) is 5.95 Å². The summed E-state index contributed by atoms with van der Waals surface area (Å²) < 4.78 is 1.71. The first-order valence-electron chi connectivity index (χ1n) is 7.00. The van der Waals surface area contributed by atoms with Gasteiger partial charge in [-0.3, -0.25) is 0 Å². The number of para-hydroxylation sites is 1. The van der Waals surface area contributed by atoms with Crippen LogP contribution in [0.3, 0.4) is 0 Å². The average molecular weight is 281 g/mol. The molecule has 1 fully saturated rings. The Hall–Kier alpha value is -2.57. The summed E-state index contributed by atoms with van der Waals surface area (Å²) in [4.78, 5) is 11.1. The van der Waals surface area contributed by atoms with Crippen LogP contribution < -0.4 is 4.90 Å². The van der Waals surface area contributed by atoms with Gasteiger partial charge in [0.15, 0.2) is 0 Å². The zero-order valence-corrected chi connectivity index (χ0v) is 11.7. The van der Waals surface area contributed by atoms with E-state index in [9.17, 15) is 0 Å². The van der Waals surface area contributed by atoms with Crippen molar-refractivity contribution in [1.82, 2.24) is 30.2 Å². The summed E-state index contributed by atoms with van der Waals surface area (Å²) in [6, 6.07) is 8.16. The molecule has 7 nitrogen and oxygen atoms in total. The lowest BCUT2D eigenvalue weighted by atomic mass is 10.0. The van der Waals surface area contributed by atoms with E-state index in [1.807, 2.05) is 25.2 Å². The highest BCUT2D eigenvalue weighted by Crippen LogP contribution is 2.31. The van der Waals surface area contributed by atoms with Crippen molar-refractivity contribution in [2.24, 2.45) is 7.05 Å². The van der Waals surface area contributed by atoms with Crippen molar-refractivity contribution in [2.45, 2.75) is 12.3 Å². The molecule has 3 aromatic rings. The van der Waals surface area contributed by atoms with Gasteiger partial charge in [-0.2, -0.15) is 0 Å². The fraction of sp³-hybridized carbons (Fsp3) is 0.357. The number of hydrogen-bond donors (Lipinski definition) is 0. The van der Waals surface area contributed by atoms with E-state index in [0.29, 0.717) is 5.92 Å². The SMILES string of the molecule is Cn1nnnc1N1CCC(c2ncnc3ccccc23)C1. The summed E-state index contributed by atoms with van der Waals surface area (Å²) in [5, 5.41) is 12.8. The molecular weight excluding hydrogens is 266 g/mol. The monoisotopic (exact) mass is 281 g/mol. The molecule has 3 heterocycles. The van der Waals surface area contributed by atoms with Gasteiger partial charge in [0.25, 0.3) is 0 Å². The first-order chi connectivity index (χ1) is 10.3. The lowest BCUT2D eigenvalue weighted by molar-refractivity contribution is 0.695. The van der Waals surface area contributed by atoms with Crippen LogP contribution in [0.2, 0.25) is 0 Å². The number of aromatic nitrogens is 6. The van der Waals surface area contributed by atoms with Gasteiger partial charge in [-0.15, -0.1) is 0 Å². The van der Waals surface area contributed by atoms with Crippen molar-refractivity contribution in [3.63, 3.8) is 0 Å². The van der Waals surface area contributed by atoms with Crippen molar-refractivity contribution in [3.8, 4) is 0 Å². The number of rotatable bonds is 2. The number of nitrogens with zero attached hydrogens (tertiary/aromatic N) is 7. The van der Waals surface area contributed by atoms with Gasteiger partial charge in [-0.1, -0.05) is 23.3 Å². The predicted molar refractivity (Wildman–Crippen MR) is 77.9 cm³/mol. The van der Waals surface area contributed by atoms with E-state index in [1.165, 1.54) is 0 Å². The topological polar surface area (TPSA) is 72.6 Å². The third-order valence-corrected chi connectivity index (χ3v) is 4.03. The minimum absolute atomic E-state index is 0.384. The molecule has 1 unspecified atom stereocenters. The molecule has 0 saturated carbocycles. The zero-order valence-electron chi connectivity index (χ0n) is 11.7. The van der Waals surface area contributed by atoms with E-state index in [2.05, 4.69) is 36.5 Å². The van der Waals surface area contributed by atoms with Crippen molar-refractivity contribution in [2.75, 3.05) is 18.0 Å². The Morgan fingerprint density at radius 2 is 2.10 bits per heavy atom. The van der Waals surface area contributed by atoms with Crippen molar-refractivity contribution in [1.29, 1.82) is 0 Å². The third kappa shape index (κ3) is 2.01. The Morgan fingerprint density at radius 1 is 1.19 bits per heavy atom. The van der Waals surface area contributed by atoms with Crippen LogP contribution in [0.25, 0.3) is 10.9 Å². The van der Waals surface area contributed by atoms with Crippen LogP contribution in [-0.4, -0.2) is 43.3 Å². The molecule has 7 heteroatoms. The Bertz CT molecular complexity index is 776. The second-order valence-corrected chi connectivity index (χ2v) is 5.31. The molecule has 1 aliphatic rings. The van der Waals surface area contributed by atoms with Crippen molar-refractivity contribution >= 4 is 16.9 Å². The summed E-state index contributed by atoms with van der Waals surface area (Å²) in [6.07, 6.45) is 2.71. The van der Waals surface area contributed by atoms with Crippen LogP contribution in [0.1, 0.15) is 18.0 Å². The maximum atomic E-state index is 4.53. The molecule has 106 valence electrons. The highest BCUT2D eigenvalue weighted by atomic mass is 15.6. The largest absolute Gasteiger partial charge is 0.339 e. The summed E-state index contributed by atoms with van der Waals surface area (Å²) in [7, 11) is 1.86. The molecule has 21 heavy (non-hydrogen) atoms. The lowest BCUT2D eigenvalue weighted by Crippen LogP contribution is -2.23. The smallest absolute Gasteiger partial charge is 0.245 e. The van der Waals surface area contributed by atoms with Gasteiger partial charge in [-0.05, 0) is 22.9 Å². The summed E-state index contributed by atoms with van der Waals surface area (Å²) in [6.45, 7) is 1.83. The highest BCUT2D eigenvalue weighted by molar-refractivity contribution is 5.81. The summed E-state index contributed by atoms with van der Waals surface area (Å²) in [5.41, 5.74) is 2.12. The second kappa shape index (κ2) is 4.76. The van der Waals surface area contributed by atoms with Crippen molar-refractivity contribution < 1.29 is 0 Å². The van der Waals surface area contributed by atoms with Crippen LogP contribution in [0.4, 0.5) is 5.95 Å². The first-order valence-corrected chi connectivity index (χ1v) is 7.00. The van der Waals surface area contributed by atoms with Crippen LogP contribution >= 0.6 is 0 Å². The van der Waals surface area contributed by atoms with Gasteiger partial charge in [0.1, 0.15) is 6.33 Å². The highest BCUT2D eigenvalue weighted by Gasteiger charge is 2.28. The number of hydrogen-bond acceptors (Lipinski definition) is 6. The predicted octanol–water partition coefficient (Wildman–Crippen LogP) is 1.15. The molecule has 1 aliphatic heterocycles. The zero-order chi connectivity index (χ0) is 14.2. The molecule has 1 atom stereocenters. The Morgan fingerprint density at radius 3 is 2.95 bits per heavy atom. The van der Waals surface area contributed by atoms with Gasteiger partial charge in [-0.25, -0.2) is 14.6 Å². The second-order valence-electron chi connectivity index (χ2n) is 5.31. The molecule has 2 aromatic heterocycles. The van der Waals surface area contributed by atoms with Gasteiger partial charge >= 0.3 is 0 Å². The molecule has 0 bridgehead atoms. The standard InChI is InChI=1S/C14H15N7/c1-20-14(17-18-19-20)21-7-6-10(8-21)13-11-4-2-3-5-12(11)15-9-16-13/h2-5,9-10H,6-8H2,1H3. The van der Waals surface area contributed by atoms with E-state index in [1.54, 1.807) is 11.0 Å². The number of benzene rings is 1. The fourth-order valence-electron chi connectivity index (χ4n) is 3.01. The van der Waals surface area contributed by atoms with E-state index < -0.39 is 0 Å². The molecule has 0 spiro atoms.